The van der Waals surface area contributed by atoms with Crippen LogP contribution in [0.25, 0.3) is 21.8 Å². The summed E-state index contributed by atoms with van der Waals surface area (Å²) in [4.78, 5) is 5.00. The van der Waals surface area contributed by atoms with Gasteiger partial charge >= 0.3 is 0 Å². The van der Waals surface area contributed by atoms with Crippen LogP contribution in [0, 0.1) is 5.41 Å². The van der Waals surface area contributed by atoms with Crippen molar-refractivity contribution in [3.8, 4) is 5.75 Å². The third-order valence-electron chi connectivity index (χ3n) is 6.49. The number of ether oxygens (including phenoxy) is 1. The van der Waals surface area contributed by atoms with Crippen LogP contribution in [-0.2, 0) is 6.54 Å². The van der Waals surface area contributed by atoms with Crippen molar-refractivity contribution in [1.82, 2.24) is 14.9 Å². The fourth-order valence-corrected chi connectivity index (χ4v) is 4.82. The van der Waals surface area contributed by atoms with Crippen molar-refractivity contribution in [2.75, 3.05) is 13.1 Å². The topological polar surface area (TPSA) is 89.0 Å². The Morgan fingerprint density at radius 3 is 2.61 bits per heavy atom. The number of nitrogens with one attached hydrogen (secondary N) is 2. The van der Waals surface area contributed by atoms with Crippen LogP contribution in [0.5, 0.6) is 5.75 Å². The smallest absolute Gasteiger partial charge is 0.123 e. The number of fused-ring (bicyclic) bond motifs is 2. The summed E-state index contributed by atoms with van der Waals surface area (Å²) in [6, 6.07) is 18.5. The summed E-state index contributed by atoms with van der Waals surface area (Å²) in [6.45, 7) is 7.09. The van der Waals surface area contributed by atoms with Gasteiger partial charge in [0.25, 0.3) is 0 Å². The Hall–Kier alpha value is -3.38. The van der Waals surface area contributed by atoms with E-state index in [1.165, 1.54) is 5.56 Å². The summed E-state index contributed by atoms with van der Waals surface area (Å²) in [5.74, 6) is 2.33. The number of piperidine rings is 1. The molecule has 1 saturated heterocycles. The normalized spacial score (nSPS) is 14.9. The van der Waals surface area contributed by atoms with E-state index in [0.29, 0.717) is 6.54 Å². The second kappa shape index (κ2) is 8.87. The lowest BCUT2D eigenvalue weighted by molar-refractivity contribution is 0.162. The molecule has 4 aromatic rings. The van der Waals surface area contributed by atoms with Crippen molar-refractivity contribution < 1.29 is 4.74 Å². The van der Waals surface area contributed by atoms with Gasteiger partial charge in [0.1, 0.15) is 23.5 Å². The Balaban J connectivity index is 1.54. The Morgan fingerprint density at radius 1 is 1.12 bits per heavy atom. The van der Waals surface area contributed by atoms with Gasteiger partial charge in [0.05, 0.1) is 11.0 Å². The molecule has 6 nitrogen and oxygen atoms in total. The van der Waals surface area contributed by atoms with Crippen LogP contribution < -0.4 is 15.8 Å². The second-order valence-electron chi connectivity index (χ2n) is 9.16. The number of rotatable bonds is 6. The number of nitrogens with two attached hydrogens (primary N) is 1. The van der Waals surface area contributed by atoms with E-state index in [1.807, 2.05) is 24.3 Å². The van der Waals surface area contributed by atoms with Crippen LogP contribution in [0.4, 0.5) is 0 Å². The zero-order valence-electron chi connectivity index (χ0n) is 19.3. The molecule has 33 heavy (non-hydrogen) atoms. The summed E-state index contributed by atoms with van der Waals surface area (Å²) in [6.07, 6.45) is 2.33. The van der Waals surface area contributed by atoms with E-state index in [2.05, 4.69) is 54.1 Å². The minimum atomic E-state index is 0.0926. The molecule has 6 heteroatoms. The highest BCUT2D eigenvalue weighted by molar-refractivity contribution is 6.08. The number of hydrogen-bond acceptors (Lipinski definition) is 4. The Bertz CT molecular complexity index is 1320. The lowest BCUT2D eigenvalue weighted by Gasteiger charge is -2.23. The first-order chi connectivity index (χ1) is 16.0. The van der Waals surface area contributed by atoms with Gasteiger partial charge < -0.3 is 20.4 Å². The van der Waals surface area contributed by atoms with Crippen molar-refractivity contribution in [3.05, 3.63) is 71.5 Å². The molecule has 0 radical (unpaired) electrons. The van der Waals surface area contributed by atoms with E-state index < -0.39 is 0 Å². The second-order valence-corrected chi connectivity index (χ2v) is 9.16. The fraction of sp³-hybridized carbons (Fsp3) is 0.333. The Labute approximate surface area is 194 Å². The van der Waals surface area contributed by atoms with Gasteiger partial charge in [0, 0.05) is 24.1 Å². The molecule has 0 saturated carbocycles. The summed E-state index contributed by atoms with van der Waals surface area (Å²) in [7, 11) is 0. The highest BCUT2D eigenvalue weighted by Crippen LogP contribution is 2.30. The van der Waals surface area contributed by atoms with E-state index in [0.717, 1.165) is 64.9 Å². The number of amidine groups is 1. The molecule has 1 aromatic heterocycles. The first-order valence-corrected chi connectivity index (χ1v) is 11.7. The Kier molecular flexibility index (Phi) is 5.77. The van der Waals surface area contributed by atoms with Crippen LogP contribution in [0.15, 0.2) is 54.6 Å². The molecule has 4 N–H and O–H groups in total. The Morgan fingerprint density at radius 2 is 1.88 bits per heavy atom. The standard InChI is InChI=1S/C27H31N5O/c1-17(2)27-31-24-15-20(33-19-11-13-30-14-12-19)8-10-25(24)32(27)16-18-7-9-23(26(28)29)22-6-4-3-5-21(18)22/h3-10,15,17,19,30H,11-14,16H2,1-2H3,(H3,28,29). The zero-order chi connectivity index (χ0) is 22.9. The van der Waals surface area contributed by atoms with Gasteiger partial charge in [-0.1, -0.05) is 50.2 Å². The largest absolute Gasteiger partial charge is 0.490 e. The predicted molar refractivity (Wildman–Crippen MR) is 134 cm³/mol. The van der Waals surface area contributed by atoms with Crippen molar-refractivity contribution in [2.45, 2.75) is 45.3 Å². The van der Waals surface area contributed by atoms with Crippen molar-refractivity contribution >= 4 is 27.6 Å². The summed E-state index contributed by atoms with van der Waals surface area (Å²) >= 11 is 0. The average Bonchev–Trinajstić information content (AvgIpc) is 3.17. The van der Waals surface area contributed by atoms with Gasteiger partial charge in [-0.05, 0) is 54.4 Å². The van der Waals surface area contributed by atoms with E-state index in [4.69, 9.17) is 20.9 Å². The monoisotopic (exact) mass is 441 g/mol. The maximum Gasteiger partial charge on any atom is 0.123 e. The maximum atomic E-state index is 7.94. The zero-order valence-corrected chi connectivity index (χ0v) is 19.3. The van der Waals surface area contributed by atoms with E-state index >= 15 is 0 Å². The fourth-order valence-electron chi connectivity index (χ4n) is 4.82. The number of nitrogen functional groups attached to an aromatic ring is 1. The molecule has 0 atom stereocenters. The molecule has 0 bridgehead atoms. The predicted octanol–water partition coefficient (Wildman–Crippen LogP) is 4.78. The van der Waals surface area contributed by atoms with Gasteiger partial charge in [-0.2, -0.15) is 0 Å². The third kappa shape index (κ3) is 4.18. The molecule has 3 aromatic carbocycles. The molecular formula is C27H31N5O. The molecule has 0 aliphatic carbocycles. The van der Waals surface area contributed by atoms with E-state index in [1.54, 1.807) is 0 Å². The lowest BCUT2D eigenvalue weighted by atomic mass is 9.98. The van der Waals surface area contributed by atoms with E-state index in [-0.39, 0.29) is 17.9 Å². The molecular weight excluding hydrogens is 410 g/mol. The molecule has 170 valence electrons. The summed E-state index contributed by atoms with van der Waals surface area (Å²) in [5.41, 5.74) is 9.87. The van der Waals surface area contributed by atoms with Gasteiger partial charge in [-0.3, -0.25) is 5.41 Å². The van der Waals surface area contributed by atoms with Gasteiger partial charge in [0.2, 0.25) is 0 Å². The molecule has 1 aliphatic rings. The van der Waals surface area contributed by atoms with Gasteiger partial charge in [0.15, 0.2) is 0 Å². The number of nitrogens with zero attached hydrogens (tertiary/aromatic N) is 2. The maximum absolute atomic E-state index is 7.94. The third-order valence-corrected chi connectivity index (χ3v) is 6.49. The quantitative estimate of drug-likeness (QED) is 0.297. The molecule has 0 amide bonds. The van der Waals surface area contributed by atoms with Crippen molar-refractivity contribution in [2.24, 2.45) is 5.73 Å². The molecule has 0 spiro atoms. The molecule has 1 aliphatic heterocycles. The van der Waals surface area contributed by atoms with Crippen LogP contribution in [0.1, 0.15) is 49.6 Å². The average molecular weight is 442 g/mol. The lowest BCUT2D eigenvalue weighted by Crippen LogP contribution is -2.34. The van der Waals surface area contributed by atoms with E-state index in [9.17, 15) is 0 Å². The SMILES string of the molecule is CC(C)c1nc2cc(OC3CCNCC3)ccc2n1Cc1ccc(C(=N)N)c2ccccc12. The van der Waals surface area contributed by atoms with Gasteiger partial charge in [-0.15, -0.1) is 0 Å². The van der Waals surface area contributed by atoms with Crippen LogP contribution in [0.3, 0.4) is 0 Å². The number of hydrogen-bond donors (Lipinski definition) is 3. The van der Waals surface area contributed by atoms with Crippen LogP contribution >= 0.6 is 0 Å². The van der Waals surface area contributed by atoms with Crippen molar-refractivity contribution in [1.29, 1.82) is 5.41 Å². The number of benzene rings is 3. The molecule has 2 heterocycles. The highest BCUT2D eigenvalue weighted by Gasteiger charge is 2.18. The summed E-state index contributed by atoms with van der Waals surface area (Å²) < 4.78 is 8.57. The molecule has 1 fully saturated rings. The highest BCUT2D eigenvalue weighted by atomic mass is 16.5. The van der Waals surface area contributed by atoms with Crippen LogP contribution in [0.2, 0.25) is 0 Å². The first-order valence-electron chi connectivity index (χ1n) is 11.7. The van der Waals surface area contributed by atoms with Crippen LogP contribution in [-0.4, -0.2) is 34.6 Å². The first kappa shape index (κ1) is 21.5. The minimum Gasteiger partial charge on any atom is -0.490 e. The molecule has 5 rings (SSSR count). The number of aromatic nitrogens is 2. The minimum absolute atomic E-state index is 0.0926. The molecule has 0 unspecified atom stereocenters. The van der Waals surface area contributed by atoms with Gasteiger partial charge in [-0.25, -0.2) is 4.98 Å². The number of imidazole rings is 1. The summed E-state index contributed by atoms with van der Waals surface area (Å²) in [5, 5.41) is 13.5. The van der Waals surface area contributed by atoms with Crippen molar-refractivity contribution in [3.63, 3.8) is 0 Å².